The van der Waals surface area contributed by atoms with E-state index in [9.17, 15) is 56.3 Å². The molecule has 3 heterocycles. The number of hydrogen-bond donors (Lipinski definition) is 2. The van der Waals surface area contributed by atoms with Crippen LogP contribution in [0.1, 0.15) is 149 Å². The molecule has 526 valence electrons. The van der Waals surface area contributed by atoms with Crippen molar-refractivity contribution in [3.05, 3.63) is 34.3 Å². The van der Waals surface area contributed by atoms with Crippen molar-refractivity contribution < 1.29 is 70.7 Å². The molecule has 0 unspecified atom stereocenters. The van der Waals surface area contributed by atoms with Crippen molar-refractivity contribution in [3.63, 3.8) is 0 Å². The van der Waals surface area contributed by atoms with Crippen LogP contribution < -0.4 is 10.6 Å². The highest BCUT2D eigenvalue weighted by Crippen LogP contribution is 2.36. The number of nitrogens with one attached hydrogen (secondary N) is 2. The number of amides is 12. The summed E-state index contributed by atoms with van der Waals surface area (Å²) in [5.74, 6) is -9.27. The third kappa shape index (κ3) is 19.1. The number of alkyl halides is 3. The number of aryl methyl sites for hydroxylation is 1. The number of piperidine rings is 1. The number of carbonyl (C=O) groups is 12. The van der Waals surface area contributed by atoms with E-state index in [2.05, 4.69) is 10.6 Å². The molecule has 3 saturated heterocycles. The summed E-state index contributed by atoms with van der Waals surface area (Å²) in [5, 5.41) is 4.92. The number of halogens is 4. The average Bonchev–Trinajstić information content (AvgIpc) is 1.02. The lowest BCUT2D eigenvalue weighted by atomic mass is 9.84. The van der Waals surface area contributed by atoms with Crippen LogP contribution in [0.2, 0.25) is 5.02 Å². The molecule has 2 N–H and O–H groups in total. The van der Waals surface area contributed by atoms with Crippen LogP contribution >= 0.6 is 11.6 Å². The molecule has 5 rings (SSSR count). The first-order valence-corrected chi connectivity index (χ1v) is 33.4. The lowest BCUT2D eigenvalue weighted by molar-refractivity contribution is -0.160. The zero-order valence-electron chi connectivity index (χ0n) is 57.7. The molecule has 4 aliphatic rings. The van der Waals surface area contributed by atoms with E-state index in [0.717, 1.165) is 75.2 Å². The van der Waals surface area contributed by atoms with Gasteiger partial charge in [-0.05, 0) is 108 Å². The summed E-state index contributed by atoms with van der Waals surface area (Å²) in [4.78, 5) is 187. The number of nitrogens with zero attached hydrogens (tertiary/aromatic N) is 10. The van der Waals surface area contributed by atoms with Gasteiger partial charge >= 0.3 is 6.18 Å². The Hall–Kier alpha value is -7.06. The highest BCUT2D eigenvalue weighted by molar-refractivity contribution is 6.31. The second-order valence-corrected chi connectivity index (χ2v) is 27.6. The number of fused-ring (bicyclic) bond motifs is 1. The van der Waals surface area contributed by atoms with Crippen LogP contribution in [-0.4, -0.2) is 263 Å². The Morgan fingerprint density at radius 3 is 1.84 bits per heavy atom. The third-order valence-corrected chi connectivity index (χ3v) is 20.1. The van der Waals surface area contributed by atoms with Gasteiger partial charge < -0.3 is 59.6 Å². The van der Waals surface area contributed by atoms with Crippen molar-refractivity contribution in [2.75, 3.05) is 95.6 Å². The van der Waals surface area contributed by atoms with Crippen LogP contribution in [0.4, 0.5) is 13.2 Å². The normalized spacial score (nSPS) is 26.1. The number of likely N-dealkylation sites (tertiary alicyclic amines) is 1. The first-order chi connectivity index (χ1) is 43.9. The van der Waals surface area contributed by atoms with E-state index in [1.54, 1.807) is 32.6 Å². The maximum Gasteiger partial charge on any atom is 0.417 e. The zero-order valence-corrected chi connectivity index (χ0v) is 58.5. The van der Waals surface area contributed by atoms with Crippen molar-refractivity contribution in [3.8, 4) is 0 Å². The fourth-order valence-corrected chi connectivity index (χ4v) is 13.3. The van der Waals surface area contributed by atoms with E-state index < -0.39 is 173 Å². The predicted molar refractivity (Wildman–Crippen MR) is 346 cm³/mol. The minimum absolute atomic E-state index is 0.0175. The van der Waals surface area contributed by atoms with E-state index in [1.165, 1.54) is 103 Å². The molecule has 3 aliphatic heterocycles. The number of hydrogen-bond acceptors (Lipinski definition) is 12. The molecule has 12 amide bonds. The van der Waals surface area contributed by atoms with Gasteiger partial charge in [-0.3, -0.25) is 57.5 Å². The minimum atomic E-state index is -4.76. The summed E-state index contributed by atoms with van der Waals surface area (Å²) in [6.07, 6.45) is 1.92. The first-order valence-electron chi connectivity index (χ1n) is 33.0. The van der Waals surface area contributed by atoms with Gasteiger partial charge in [0.1, 0.15) is 47.8 Å². The molecule has 24 nitrogen and oxygen atoms in total. The van der Waals surface area contributed by atoms with Crippen LogP contribution in [0.5, 0.6) is 0 Å². The predicted octanol–water partition coefficient (Wildman–Crippen LogP) is 4.28. The van der Waals surface area contributed by atoms with Crippen molar-refractivity contribution in [1.29, 1.82) is 0 Å². The summed E-state index contributed by atoms with van der Waals surface area (Å²) in [5.41, 5.74) is -2.52. The Morgan fingerprint density at radius 2 is 1.26 bits per heavy atom. The van der Waals surface area contributed by atoms with Gasteiger partial charge in [0.2, 0.25) is 70.9 Å². The largest absolute Gasteiger partial charge is 0.417 e. The van der Waals surface area contributed by atoms with Gasteiger partial charge in [0.15, 0.2) is 0 Å². The highest BCUT2D eigenvalue weighted by atomic mass is 35.5. The van der Waals surface area contributed by atoms with Gasteiger partial charge in [-0.15, -0.1) is 0 Å². The van der Waals surface area contributed by atoms with Gasteiger partial charge in [0, 0.05) is 76.0 Å². The van der Waals surface area contributed by atoms with E-state index in [-0.39, 0.29) is 43.7 Å². The lowest BCUT2D eigenvalue weighted by Crippen LogP contribution is -2.64. The van der Waals surface area contributed by atoms with Crippen molar-refractivity contribution in [2.24, 2.45) is 17.8 Å². The van der Waals surface area contributed by atoms with Crippen molar-refractivity contribution in [2.45, 2.75) is 199 Å². The molecule has 1 saturated carbocycles. The molecule has 1 aliphatic carbocycles. The summed E-state index contributed by atoms with van der Waals surface area (Å²) < 4.78 is 41.4. The first kappa shape index (κ1) is 77.6. The van der Waals surface area contributed by atoms with E-state index >= 15 is 14.4 Å². The molecule has 4 fully saturated rings. The van der Waals surface area contributed by atoms with E-state index in [1.807, 2.05) is 0 Å². The van der Waals surface area contributed by atoms with Gasteiger partial charge in [-0.2, -0.15) is 13.2 Å². The Labute approximate surface area is 557 Å². The maximum atomic E-state index is 15.1. The van der Waals surface area contributed by atoms with Gasteiger partial charge in [-0.1, -0.05) is 83.9 Å². The Bertz CT molecular complexity index is 2940. The highest BCUT2D eigenvalue weighted by Gasteiger charge is 2.48. The maximum absolute atomic E-state index is 15.1. The standard InChI is InChI=1S/C66H102ClF3N12O12/c1-16-41(4)55-62(92)75(10)38-53(85)73(8)39-54(86)77(12)49(35-43-24-19-17-20-25-43)59(89)74(9)37-51(83)71-47(30-28-44-27-29-45(46(67)34-44)66(68,69)70)58(88)82-33-23-26-48(82)60(90)80(15)65(6,7)64(94)79(14)56(40(2)3)63(93)78(13)50(61(91)81-31-21-18-22-32-81)36-52(84)76(11)42(5)57(87)72-55/h27,29,34,40-43,47-50,55-56H,16-26,28,30-33,35-39H2,1-15H3,(H,71,83)(H,72,87)/t41-,42-,47-,48-,49-,50-,55-,56-/m0/s1. The van der Waals surface area contributed by atoms with Gasteiger partial charge in [-0.25, -0.2) is 0 Å². The molecule has 1 aromatic rings. The fourth-order valence-electron chi connectivity index (χ4n) is 13.0. The summed E-state index contributed by atoms with van der Waals surface area (Å²) in [6.45, 7) is 10.4. The van der Waals surface area contributed by atoms with Gasteiger partial charge in [0.05, 0.1) is 36.6 Å². The van der Waals surface area contributed by atoms with Crippen LogP contribution in [0, 0.1) is 17.8 Å². The van der Waals surface area contributed by atoms with E-state index in [4.69, 9.17) is 11.6 Å². The lowest BCUT2D eigenvalue weighted by Gasteiger charge is -2.43. The molecule has 0 spiro atoms. The average molecular weight is 1350 g/mol. The minimum Gasteiger partial charge on any atom is -0.343 e. The molecule has 1 aromatic carbocycles. The Balaban J connectivity index is 1.58. The molecule has 0 aromatic heterocycles. The molecule has 28 heteroatoms. The van der Waals surface area contributed by atoms with Crippen LogP contribution in [0.3, 0.4) is 0 Å². The van der Waals surface area contributed by atoms with E-state index in [0.29, 0.717) is 38.8 Å². The van der Waals surface area contributed by atoms with Crippen molar-refractivity contribution >= 4 is 82.5 Å². The number of rotatable bonds is 9. The van der Waals surface area contributed by atoms with Gasteiger partial charge in [0.25, 0.3) is 0 Å². The monoisotopic (exact) mass is 1350 g/mol. The SMILES string of the molecule is CC[C@H](C)[C@@H]1NC(=O)[C@H](C)N(C)C(=O)C[C@@H](C(=O)N2CCCCC2)N(C)C(=O)[C@H](C(C)C)N(C)C(=O)C(C)(C)N(C)C(=O)[C@@H]2CCCN2C(=O)[C@H](CCc2ccc(C(F)(F)F)c(Cl)c2)NC(=O)CN(C)C(=O)[C@H](CC2CCCCC2)N(C)C(=O)CN(C)C(=O)CN(C)C1=O. The Kier molecular flexibility index (Phi) is 27.7. The zero-order chi connectivity index (χ0) is 70.6. The number of benzene rings is 1. The molecular formula is C66H102ClF3N12O12. The molecular weight excluding hydrogens is 1250 g/mol. The second-order valence-electron chi connectivity index (χ2n) is 27.2. The molecule has 0 radical (unpaired) electrons. The van der Waals surface area contributed by atoms with Crippen LogP contribution in [0.25, 0.3) is 0 Å². The van der Waals surface area contributed by atoms with Crippen LogP contribution in [0.15, 0.2) is 18.2 Å². The number of likely N-dealkylation sites (N-methyl/N-ethyl adjacent to an activating group) is 8. The molecule has 0 bridgehead atoms. The second kappa shape index (κ2) is 33.6. The fraction of sp³-hybridized carbons (Fsp3) is 0.727. The quantitative estimate of drug-likeness (QED) is 0.351. The third-order valence-electron chi connectivity index (χ3n) is 19.8. The summed E-state index contributed by atoms with van der Waals surface area (Å²) >= 11 is 6.12. The smallest absolute Gasteiger partial charge is 0.343 e. The topological polar surface area (TPSA) is 261 Å². The molecule has 8 atom stereocenters. The summed E-state index contributed by atoms with van der Waals surface area (Å²) in [7, 11) is 11.0. The Morgan fingerprint density at radius 1 is 0.660 bits per heavy atom. The molecule has 94 heavy (non-hydrogen) atoms. The van der Waals surface area contributed by atoms with Crippen LogP contribution in [-0.2, 0) is 70.1 Å². The van der Waals surface area contributed by atoms with Crippen molar-refractivity contribution in [1.82, 2.24) is 59.6 Å². The number of carbonyl (C=O) groups excluding carboxylic acids is 12. The summed E-state index contributed by atoms with van der Waals surface area (Å²) in [6, 6.07) is -5.79.